The Kier molecular flexibility index (Phi) is 0.709. The van der Waals surface area contributed by atoms with E-state index in [1.807, 2.05) is 0 Å². The van der Waals surface area contributed by atoms with Crippen molar-refractivity contribution in [2.24, 2.45) is 28.1 Å². The predicted molar refractivity (Wildman–Crippen MR) is 46.2 cm³/mol. The molecule has 0 aromatic carbocycles. The summed E-state index contributed by atoms with van der Waals surface area (Å²) in [6.45, 7) is 10.0. The normalized spacial score (nSPS) is 77.5. The zero-order valence-corrected chi connectivity index (χ0v) is 8.07. The maximum atomic E-state index is 2.52. The summed E-state index contributed by atoms with van der Waals surface area (Å²) in [6, 6.07) is 0. The highest BCUT2D eigenvalue weighted by molar-refractivity contribution is 5.46. The molecular weight excluding hydrogens is 132 g/mol. The first-order valence-electron chi connectivity index (χ1n) is 5.01. The third kappa shape index (κ3) is 0.302. The number of hydrogen-bond acceptors (Lipinski definition) is 0. The first kappa shape index (κ1) is 6.51. The highest BCUT2D eigenvalue weighted by Gasteiger charge is 3.00. The molecule has 3 atom stereocenters. The fourth-order valence-corrected chi connectivity index (χ4v) is 5.09. The van der Waals surface area contributed by atoms with Gasteiger partial charge in [-0.3, -0.25) is 0 Å². The Bertz CT molecular complexity index is 226. The lowest BCUT2D eigenvalue weighted by molar-refractivity contribution is 0.0752. The fourth-order valence-electron chi connectivity index (χ4n) is 5.09. The smallest absolute Gasteiger partial charge is 0.0168 e. The Balaban J connectivity index is 2.07. The van der Waals surface area contributed by atoms with Gasteiger partial charge in [-0.05, 0) is 40.9 Å². The second kappa shape index (κ2) is 1.20. The van der Waals surface area contributed by atoms with Gasteiger partial charge in [-0.25, -0.2) is 0 Å². The topological polar surface area (TPSA) is 0 Å². The molecule has 4 saturated carbocycles. The highest BCUT2D eigenvalue weighted by Crippen LogP contribution is 3.04. The Labute approximate surface area is 69.4 Å². The number of hydrogen-bond donors (Lipinski definition) is 0. The van der Waals surface area contributed by atoms with Crippen molar-refractivity contribution in [3.63, 3.8) is 0 Å². The molecule has 0 heterocycles. The molecule has 4 rings (SSSR count). The fraction of sp³-hybridized carbons (Fsp3) is 1.00. The van der Waals surface area contributed by atoms with Crippen LogP contribution < -0.4 is 0 Å². The second-order valence-electron chi connectivity index (χ2n) is 5.64. The molecule has 11 heavy (non-hydrogen) atoms. The van der Waals surface area contributed by atoms with Crippen LogP contribution in [-0.2, 0) is 0 Å². The van der Waals surface area contributed by atoms with Gasteiger partial charge in [-0.2, -0.15) is 0 Å². The maximum absolute atomic E-state index is 2.52. The molecule has 3 unspecified atom stereocenters. The van der Waals surface area contributed by atoms with Crippen LogP contribution in [0.1, 0.15) is 40.5 Å². The van der Waals surface area contributed by atoms with E-state index in [-0.39, 0.29) is 0 Å². The third-order valence-electron chi connectivity index (χ3n) is 6.36. The van der Waals surface area contributed by atoms with E-state index in [2.05, 4.69) is 27.7 Å². The van der Waals surface area contributed by atoms with Crippen molar-refractivity contribution in [1.29, 1.82) is 0 Å². The molecule has 0 aromatic heterocycles. The molecule has 0 radical (unpaired) electrons. The lowest BCUT2D eigenvalue weighted by atomic mass is 9.64. The standard InChI is InChI=1S/C11H18/c1-7-5-6-8-10(3)9(7,2)11(8,10)4/h7-8H,5-6H2,1-4H3. The maximum Gasteiger partial charge on any atom is -0.0168 e. The van der Waals surface area contributed by atoms with Crippen molar-refractivity contribution < 1.29 is 0 Å². The van der Waals surface area contributed by atoms with Crippen molar-refractivity contribution in [2.75, 3.05) is 0 Å². The summed E-state index contributed by atoms with van der Waals surface area (Å²) in [5.41, 5.74) is 2.29. The molecular formula is C11H18. The Morgan fingerprint density at radius 2 is 1.45 bits per heavy atom. The minimum Gasteiger partial charge on any atom is -0.0619 e. The van der Waals surface area contributed by atoms with Gasteiger partial charge in [0.2, 0.25) is 0 Å². The average Bonchev–Trinajstić information content (AvgIpc) is 2.60. The van der Waals surface area contributed by atoms with E-state index < -0.39 is 0 Å². The van der Waals surface area contributed by atoms with Crippen LogP contribution in [0, 0.1) is 28.1 Å². The van der Waals surface area contributed by atoms with Crippen LogP contribution in [0.5, 0.6) is 0 Å². The summed E-state index contributed by atoms with van der Waals surface area (Å²) in [5, 5.41) is 0. The van der Waals surface area contributed by atoms with E-state index in [1.54, 1.807) is 0 Å². The van der Waals surface area contributed by atoms with Gasteiger partial charge >= 0.3 is 0 Å². The van der Waals surface area contributed by atoms with Crippen molar-refractivity contribution in [1.82, 2.24) is 0 Å². The summed E-state index contributed by atoms with van der Waals surface area (Å²) in [4.78, 5) is 0. The lowest BCUT2D eigenvalue weighted by Crippen LogP contribution is -2.34. The second-order valence-corrected chi connectivity index (χ2v) is 5.64. The molecule has 62 valence electrons. The summed E-state index contributed by atoms with van der Waals surface area (Å²) in [7, 11) is 0. The molecule has 4 fully saturated rings. The summed E-state index contributed by atoms with van der Waals surface area (Å²) in [6.07, 6.45) is 3.01. The van der Waals surface area contributed by atoms with E-state index in [4.69, 9.17) is 0 Å². The number of fused-ring (bicyclic) bond motifs is 2. The quantitative estimate of drug-likeness (QED) is 0.498. The van der Waals surface area contributed by atoms with E-state index >= 15 is 0 Å². The molecule has 4 aliphatic carbocycles. The molecule has 2 bridgehead atoms. The van der Waals surface area contributed by atoms with Gasteiger partial charge in [0, 0.05) is 0 Å². The summed E-state index contributed by atoms with van der Waals surface area (Å²) < 4.78 is 0. The zero-order chi connectivity index (χ0) is 8.07. The molecule has 4 aliphatic rings. The van der Waals surface area contributed by atoms with Crippen LogP contribution in [0.4, 0.5) is 0 Å². The van der Waals surface area contributed by atoms with Crippen LogP contribution in [-0.4, -0.2) is 0 Å². The minimum absolute atomic E-state index is 0.739. The molecule has 0 nitrogen and oxygen atoms in total. The van der Waals surface area contributed by atoms with Gasteiger partial charge in [0.15, 0.2) is 0 Å². The molecule has 0 saturated heterocycles. The monoisotopic (exact) mass is 150 g/mol. The largest absolute Gasteiger partial charge is 0.0619 e. The Morgan fingerprint density at radius 3 is 1.82 bits per heavy atom. The Hall–Kier alpha value is 0. The minimum atomic E-state index is 0.739. The van der Waals surface area contributed by atoms with Crippen LogP contribution in [0.2, 0.25) is 0 Å². The molecule has 0 amide bonds. The predicted octanol–water partition coefficient (Wildman–Crippen LogP) is 3.08. The van der Waals surface area contributed by atoms with Crippen molar-refractivity contribution in [3.8, 4) is 0 Å². The molecule has 0 aliphatic heterocycles. The third-order valence-corrected chi connectivity index (χ3v) is 6.36. The SMILES string of the molecule is CC1CCC2C3(C)C1(C)C23C. The average molecular weight is 150 g/mol. The van der Waals surface area contributed by atoms with E-state index in [1.165, 1.54) is 12.8 Å². The first-order valence-corrected chi connectivity index (χ1v) is 5.01. The molecule has 0 aromatic rings. The number of rotatable bonds is 0. The van der Waals surface area contributed by atoms with Gasteiger partial charge < -0.3 is 0 Å². The highest BCUT2D eigenvalue weighted by atomic mass is 15.0. The van der Waals surface area contributed by atoms with Gasteiger partial charge in [0.25, 0.3) is 0 Å². The van der Waals surface area contributed by atoms with Crippen molar-refractivity contribution >= 4 is 0 Å². The van der Waals surface area contributed by atoms with Gasteiger partial charge in [0.1, 0.15) is 0 Å². The summed E-state index contributed by atoms with van der Waals surface area (Å²) >= 11 is 0. The van der Waals surface area contributed by atoms with Crippen LogP contribution in [0.15, 0.2) is 0 Å². The van der Waals surface area contributed by atoms with Gasteiger partial charge in [0.05, 0.1) is 0 Å². The van der Waals surface area contributed by atoms with E-state index in [9.17, 15) is 0 Å². The van der Waals surface area contributed by atoms with Crippen molar-refractivity contribution in [2.45, 2.75) is 40.5 Å². The van der Waals surface area contributed by atoms with Crippen LogP contribution in [0.3, 0.4) is 0 Å². The van der Waals surface area contributed by atoms with E-state index in [0.717, 1.165) is 28.1 Å². The molecule has 0 spiro atoms. The zero-order valence-electron chi connectivity index (χ0n) is 8.07. The first-order chi connectivity index (χ1) is 5.01. The van der Waals surface area contributed by atoms with E-state index in [0.29, 0.717) is 0 Å². The van der Waals surface area contributed by atoms with Crippen LogP contribution in [0.25, 0.3) is 0 Å². The lowest BCUT2D eigenvalue weighted by Gasteiger charge is -2.41. The summed E-state index contributed by atoms with van der Waals surface area (Å²) in [5.74, 6) is 2.10. The van der Waals surface area contributed by atoms with Gasteiger partial charge in [-0.1, -0.05) is 27.7 Å². The van der Waals surface area contributed by atoms with Gasteiger partial charge in [-0.15, -0.1) is 0 Å². The van der Waals surface area contributed by atoms with Crippen molar-refractivity contribution in [3.05, 3.63) is 0 Å². The van der Waals surface area contributed by atoms with Crippen LogP contribution >= 0.6 is 0 Å². The molecule has 0 N–H and O–H groups in total. The molecule has 0 heteroatoms. The Morgan fingerprint density at radius 1 is 0.909 bits per heavy atom.